The predicted octanol–water partition coefficient (Wildman–Crippen LogP) is 3.71. The van der Waals surface area contributed by atoms with E-state index in [-0.39, 0.29) is 23.7 Å². The number of hydrogen-bond donors (Lipinski definition) is 2. The van der Waals surface area contributed by atoms with E-state index in [9.17, 15) is 22.8 Å². The van der Waals surface area contributed by atoms with Gasteiger partial charge in [-0.3, -0.25) is 9.59 Å². The fraction of sp³-hybridized carbons (Fsp3) is 0.235. The lowest BCUT2D eigenvalue weighted by Gasteiger charge is -2.16. The number of alkyl halides is 3. The van der Waals surface area contributed by atoms with Gasteiger partial charge >= 0.3 is 6.18 Å². The van der Waals surface area contributed by atoms with Gasteiger partial charge in [-0.25, -0.2) is 4.98 Å². The van der Waals surface area contributed by atoms with Gasteiger partial charge < -0.3 is 15.4 Å². The van der Waals surface area contributed by atoms with Crippen LogP contribution in [0.3, 0.4) is 0 Å². The highest BCUT2D eigenvalue weighted by molar-refractivity contribution is 6.06. The third kappa shape index (κ3) is 4.71. The van der Waals surface area contributed by atoms with Gasteiger partial charge in [0.15, 0.2) is 0 Å². The van der Waals surface area contributed by atoms with Gasteiger partial charge in [-0.2, -0.15) is 13.2 Å². The van der Waals surface area contributed by atoms with E-state index >= 15 is 0 Å². The third-order valence-electron chi connectivity index (χ3n) is 3.19. The Hall–Kier alpha value is -3.10. The summed E-state index contributed by atoms with van der Waals surface area (Å²) >= 11 is 0. The molecule has 0 atom stereocenters. The normalized spacial score (nSPS) is 11.0. The number of carbonyl (C=O) groups excluding carboxylic acids is 2. The average molecular weight is 367 g/mol. The summed E-state index contributed by atoms with van der Waals surface area (Å²) in [5.74, 6) is -1.28. The van der Waals surface area contributed by atoms with E-state index < -0.39 is 29.2 Å². The molecule has 0 saturated heterocycles. The number of nitrogens with one attached hydrogen (secondary N) is 2. The summed E-state index contributed by atoms with van der Waals surface area (Å²) in [6, 6.07) is 5.96. The Balaban J connectivity index is 2.37. The SMILES string of the molecule is CCOc1ncccc1C(=O)Nc1ccc(NC(C)=O)cc1C(F)(F)F. The molecule has 138 valence electrons. The number of anilines is 2. The standard InChI is InChI=1S/C17H16F3N3O3/c1-3-26-16-12(5-4-8-21-16)15(25)23-14-7-6-11(22-10(2)24)9-13(14)17(18,19)20/h4-9H,3H2,1-2H3,(H,22,24)(H,23,25). The molecule has 0 fully saturated rings. The van der Waals surface area contributed by atoms with E-state index in [2.05, 4.69) is 15.6 Å². The van der Waals surface area contributed by atoms with Crippen LogP contribution in [0.5, 0.6) is 5.88 Å². The molecule has 2 aromatic rings. The number of nitrogens with zero attached hydrogens (tertiary/aromatic N) is 1. The zero-order valence-corrected chi connectivity index (χ0v) is 14.0. The second-order valence-electron chi connectivity index (χ2n) is 5.18. The molecule has 0 radical (unpaired) electrons. The summed E-state index contributed by atoms with van der Waals surface area (Å²) in [5, 5.41) is 4.49. The fourth-order valence-electron chi connectivity index (χ4n) is 2.17. The number of carbonyl (C=O) groups is 2. The molecule has 1 heterocycles. The van der Waals surface area contributed by atoms with E-state index in [4.69, 9.17) is 4.74 Å². The van der Waals surface area contributed by atoms with Crippen LogP contribution in [0, 0.1) is 0 Å². The molecular weight excluding hydrogens is 351 g/mol. The van der Waals surface area contributed by atoms with Crippen LogP contribution in [-0.4, -0.2) is 23.4 Å². The molecule has 0 aliphatic rings. The van der Waals surface area contributed by atoms with Crippen molar-refractivity contribution in [1.29, 1.82) is 0 Å². The van der Waals surface area contributed by atoms with Crippen molar-refractivity contribution in [3.63, 3.8) is 0 Å². The quantitative estimate of drug-likeness (QED) is 0.844. The molecule has 0 unspecified atom stereocenters. The van der Waals surface area contributed by atoms with Crippen LogP contribution in [0.25, 0.3) is 0 Å². The summed E-state index contributed by atoms with van der Waals surface area (Å²) < 4.78 is 45.2. The molecule has 26 heavy (non-hydrogen) atoms. The highest BCUT2D eigenvalue weighted by atomic mass is 19.4. The van der Waals surface area contributed by atoms with Crippen molar-refractivity contribution in [2.75, 3.05) is 17.2 Å². The summed E-state index contributed by atoms with van der Waals surface area (Å²) in [6.07, 6.45) is -3.32. The molecule has 2 amide bonds. The highest BCUT2D eigenvalue weighted by Crippen LogP contribution is 2.37. The minimum Gasteiger partial charge on any atom is -0.477 e. The summed E-state index contributed by atoms with van der Waals surface area (Å²) in [7, 11) is 0. The molecule has 0 aliphatic heterocycles. The van der Waals surface area contributed by atoms with E-state index in [1.165, 1.54) is 31.3 Å². The van der Waals surface area contributed by atoms with Crippen LogP contribution in [-0.2, 0) is 11.0 Å². The van der Waals surface area contributed by atoms with Crippen LogP contribution in [0.2, 0.25) is 0 Å². The lowest BCUT2D eigenvalue weighted by molar-refractivity contribution is -0.137. The average Bonchev–Trinajstić information content (AvgIpc) is 2.55. The molecule has 0 aliphatic carbocycles. The molecule has 2 rings (SSSR count). The Morgan fingerprint density at radius 2 is 1.92 bits per heavy atom. The molecule has 0 saturated carbocycles. The molecule has 2 N–H and O–H groups in total. The number of halogens is 3. The molecule has 0 bridgehead atoms. The van der Waals surface area contributed by atoms with Gasteiger partial charge in [-0.05, 0) is 37.3 Å². The largest absolute Gasteiger partial charge is 0.477 e. The Kier molecular flexibility index (Phi) is 5.81. The first kappa shape index (κ1) is 19.2. The number of ether oxygens (including phenoxy) is 1. The molecule has 0 spiro atoms. The first-order valence-corrected chi connectivity index (χ1v) is 7.60. The molecule has 9 heteroatoms. The number of benzene rings is 1. The maximum Gasteiger partial charge on any atom is 0.418 e. The van der Waals surface area contributed by atoms with Crippen LogP contribution < -0.4 is 15.4 Å². The summed E-state index contributed by atoms with van der Waals surface area (Å²) in [5.41, 5.74) is -1.55. The van der Waals surface area contributed by atoms with Crippen LogP contribution in [0.1, 0.15) is 29.8 Å². The van der Waals surface area contributed by atoms with Gasteiger partial charge in [0.1, 0.15) is 5.56 Å². The van der Waals surface area contributed by atoms with E-state index in [1.807, 2.05) is 0 Å². The van der Waals surface area contributed by atoms with Gasteiger partial charge in [0.05, 0.1) is 17.9 Å². The number of pyridine rings is 1. The van der Waals surface area contributed by atoms with Crippen molar-refractivity contribution in [2.45, 2.75) is 20.0 Å². The second-order valence-corrected chi connectivity index (χ2v) is 5.18. The van der Waals surface area contributed by atoms with Crippen LogP contribution in [0.4, 0.5) is 24.5 Å². The van der Waals surface area contributed by atoms with Crippen molar-refractivity contribution in [3.8, 4) is 5.88 Å². The topological polar surface area (TPSA) is 80.3 Å². The van der Waals surface area contributed by atoms with Gasteiger partial charge in [-0.15, -0.1) is 0 Å². The summed E-state index contributed by atoms with van der Waals surface area (Å²) in [4.78, 5) is 27.3. The molecule has 1 aromatic carbocycles. The maximum absolute atomic E-state index is 13.3. The first-order chi connectivity index (χ1) is 12.2. The van der Waals surface area contributed by atoms with Crippen molar-refractivity contribution < 1.29 is 27.5 Å². The Bertz CT molecular complexity index is 822. The third-order valence-corrected chi connectivity index (χ3v) is 3.19. The Morgan fingerprint density at radius 1 is 1.19 bits per heavy atom. The zero-order chi connectivity index (χ0) is 19.3. The molecule has 6 nitrogen and oxygen atoms in total. The van der Waals surface area contributed by atoms with E-state index in [0.717, 1.165) is 12.1 Å². The van der Waals surface area contributed by atoms with Gasteiger partial charge in [-0.1, -0.05) is 0 Å². The van der Waals surface area contributed by atoms with Gasteiger partial charge in [0.25, 0.3) is 5.91 Å². The Labute approximate surface area is 147 Å². The van der Waals surface area contributed by atoms with Crippen molar-refractivity contribution in [2.24, 2.45) is 0 Å². The first-order valence-electron chi connectivity index (χ1n) is 7.60. The predicted molar refractivity (Wildman–Crippen MR) is 89.1 cm³/mol. The number of rotatable bonds is 5. The molecule has 1 aromatic heterocycles. The minimum absolute atomic E-state index is 0.00779. The van der Waals surface area contributed by atoms with Gasteiger partial charge in [0, 0.05) is 18.8 Å². The Morgan fingerprint density at radius 3 is 2.54 bits per heavy atom. The van der Waals surface area contributed by atoms with E-state index in [0.29, 0.717) is 0 Å². The lowest BCUT2D eigenvalue weighted by Crippen LogP contribution is -2.18. The number of hydrogen-bond acceptors (Lipinski definition) is 4. The number of amides is 2. The van der Waals surface area contributed by atoms with Crippen LogP contribution in [0.15, 0.2) is 36.5 Å². The maximum atomic E-state index is 13.3. The van der Waals surface area contributed by atoms with E-state index in [1.54, 1.807) is 6.92 Å². The lowest BCUT2D eigenvalue weighted by atomic mass is 10.1. The van der Waals surface area contributed by atoms with Crippen molar-refractivity contribution >= 4 is 23.2 Å². The minimum atomic E-state index is -4.73. The zero-order valence-electron chi connectivity index (χ0n) is 14.0. The molecular formula is C17H16F3N3O3. The number of aromatic nitrogens is 1. The van der Waals surface area contributed by atoms with Crippen LogP contribution >= 0.6 is 0 Å². The monoisotopic (exact) mass is 367 g/mol. The second kappa shape index (κ2) is 7.85. The smallest absolute Gasteiger partial charge is 0.418 e. The van der Waals surface area contributed by atoms with Crippen molar-refractivity contribution in [1.82, 2.24) is 4.98 Å². The fourth-order valence-corrected chi connectivity index (χ4v) is 2.17. The van der Waals surface area contributed by atoms with Gasteiger partial charge in [0.2, 0.25) is 11.8 Å². The summed E-state index contributed by atoms with van der Waals surface area (Å²) in [6.45, 7) is 3.12. The highest BCUT2D eigenvalue weighted by Gasteiger charge is 2.34. The van der Waals surface area contributed by atoms with Crippen molar-refractivity contribution in [3.05, 3.63) is 47.7 Å².